The fourth-order valence-corrected chi connectivity index (χ4v) is 3.32. The smallest absolute Gasteiger partial charge is 0.241 e. The van der Waals surface area contributed by atoms with E-state index in [1.807, 2.05) is 13.0 Å². The van der Waals surface area contributed by atoms with Crippen LogP contribution in [0.4, 0.5) is 0 Å². The highest BCUT2D eigenvalue weighted by Gasteiger charge is 2.22. The van der Waals surface area contributed by atoms with Gasteiger partial charge in [0.1, 0.15) is 10.6 Å². The Morgan fingerprint density at radius 3 is 2.67 bits per heavy atom. The van der Waals surface area contributed by atoms with Gasteiger partial charge in [-0.05, 0) is 37.0 Å². The highest BCUT2D eigenvalue weighted by molar-refractivity contribution is 9.10. The third-order valence-electron chi connectivity index (χ3n) is 2.98. The molecule has 4 nitrogen and oxygen atoms in total. The lowest BCUT2D eigenvalue weighted by molar-refractivity contribution is 0.293. The Kier molecular flexibility index (Phi) is 3.99. The number of hydrogen-bond acceptors (Lipinski definition) is 3. The van der Waals surface area contributed by atoms with Crippen LogP contribution in [0.1, 0.15) is 24.8 Å². The summed E-state index contributed by atoms with van der Waals surface area (Å²) >= 11 is 3.27. The SMILES string of the molecule is Cc1cc(Br)cc(S(N)(=O)=O)c1OCCC1CC1. The van der Waals surface area contributed by atoms with Crippen LogP contribution < -0.4 is 9.88 Å². The van der Waals surface area contributed by atoms with Gasteiger partial charge in [0.05, 0.1) is 6.61 Å². The number of primary sulfonamides is 1. The molecule has 0 bridgehead atoms. The first kappa shape index (κ1) is 13.8. The van der Waals surface area contributed by atoms with Gasteiger partial charge in [-0.1, -0.05) is 28.8 Å². The monoisotopic (exact) mass is 333 g/mol. The Balaban J connectivity index is 2.25. The summed E-state index contributed by atoms with van der Waals surface area (Å²) in [4.78, 5) is 0.0465. The summed E-state index contributed by atoms with van der Waals surface area (Å²) in [6, 6.07) is 3.30. The number of rotatable bonds is 5. The molecule has 0 heterocycles. The molecular formula is C12H16BrNO3S. The van der Waals surface area contributed by atoms with Crippen LogP contribution >= 0.6 is 15.9 Å². The first-order valence-electron chi connectivity index (χ1n) is 5.83. The van der Waals surface area contributed by atoms with E-state index in [1.54, 1.807) is 0 Å². The van der Waals surface area contributed by atoms with Gasteiger partial charge in [0, 0.05) is 4.47 Å². The minimum Gasteiger partial charge on any atom is -0.492 e. The average Bonchev–Trinajstić information content (AvgIpc) is 3.03. The van der Waals surface area contributed by atoms with E-state index < -0.39 is 10.0 Å². The standard InChI is InChI=1S/C12H16BrNO3S/c1-8-6-10(13)7-11(18(14,15)16)12(8)17-5-4-9-2-3-9/h6-7,9H,2-5H2,1H3,(H2,14,15,16). The molecule has 0 aliphatic heterocycles. The highest BCUT2D eigenvalue weighted by Crippen LogP contribution is 2.34. The van der Waals surface area contributed by atoms with Crippen molar-refractivity contribution in [3.05, 3.63) is 22.2 Å². The molecular weight excluding hydrogens is 318 g/mol. The Bertz CT molecular complexity index is 553. The predicted molar refractivity (Wildman–Crippen MR) is 73.1 cm³/mol. The van der Waals surface area contributed by atoms with Crippen LogP contribution in [0.2, 0.25) is 0 Å². The molecule has 1 aliphatic carbocycles. The Labute approximate surface area is 116 Å². The van der Waals surface area contributed by atoms with Crippen molar-refractivity contribution < 1.29 is 13.2 Å². The maximum Gasteiger partial charge on any atom is 0.241 e. The van der Waals surface area contributed by atoms with Gasteiger partial charge >= 0.3 is 0 Å². The number of benzene rings is 1. The molecule has 1 aromatic rings. The van der Waals surface area contributed by atoms with E-state index in [-0.39, 0.29) is 4.90 Å². The zero-order valence-corrected chi connectivity index (χ0v) is 12.6. The average molecular weight is 334 g/mol. The fourth-order valence-electron chi connectivity index (χ4n) is 1.83. The van der Waals surface area contributed by atoms with Crippen molar-refractivity contribution in [3.8, 4) is 5.75 Å². The molecule has 2 N–H and O–H groups in total. The van der Waals surface area contributed by atoms with Gasteiger partial charge in [0.15, 0.2) is 0 Å². The molecule has 0 aromatic heterocycles. The van der Waals surface area contributed by atoms with E-state index in [9.17, 15) is 8.42 Å². The molecule has 1 aromatic carbocycles. The van der Waals surface area contributed by atoms with Crippen LogP contribution in [0.3, 0.4) is 0 Å². The second kappa shape index (κ2) is 5.19. The second-order valence-electron chi connectivity index (χ2n) is 4.68. The number of ether oxygens (including phenoxy) is 1. The molecule has 0 radical (unpaired) electrons. The first-order valence-corrected chi connectivity index (χ1v) is 8.17. The molecule has 0 unspecified atom stereocenters. The highest BCUT2D eigenvalue weighted by atomic mass is 79.9. The van der Waals surface area contributed by atoms with E-state index in [0.717, 1.165) is 17.9 Å². The van der Waals surface area contributed by atoms with E-state index in [2.05, 4.69) is 15.9 Å². The van der Waals surface area contributed by atoms with Crippen LogP contribution in [0.25, 0.3) is 0 Å². The number of halogens is 1. The van der Waals surface area contributed by atoms with E-state index in [0.29, 0.717) is 16.8 Å². The summed E-state index contributed by atoms with van der Waals surface area (Å²) in [5.41, 5.74) is 0.768. The van der Waals surface area contributed by atoms with Gasteiger partial charge in [0.2, 0.25) is 10.0 Å². The van der Waals surface area contributed by atoms with Crippen molar-refractivity contribution in [2.45, 2.75) is 31.1 Å². The third-order valence-corrected chi connectivity index (χ3v) is 4.36. The quantitative estimate of drug-likeness (QED) is 0.900. The summed E-state index contributed by atoms with van der Waals surface area (Å²) in [6.45, 7) is 2.35. The van der Waals surface area contributed by atoms with Gasteiger partial charge in [-0.25, -0.2) is 13.6 Å². The van der Waals surface area contributed by atoms with E-state index in [1.165, 1.54) is 18.9 Å². The van der Waals surface area contributed by atoms with Gasteiger partial charge in [-0.15, -0.1) is 0 Å². The molecule has 0 spiro atoms. The lowest BCUT2D eigenvalue weighted by Gasteiger charge is -2.13. The Morgan fingerprint density at radius 1 is 1.44 bits per heavy atom. The maximum absolute atomic E-state index is 11.5. The summed E-state index contributed by atoms with van der Waals surface area (Å²) in [5.74, 6) is 1.13. The third kappa shape index (κ3) is 3.46. The number of nitrogens with two attached hydrogens (primary N) is 1. The predicted octanol–water partition coefficient (Wildman–Crippen LogP) is 2.58. The van der Waals surface area contributed by atoms with Gasteiger partial charge in [-0.2, -0.15) is 0 Å². The normalized spacial score (nSPS) is 15.7. The van der Waals surface area contributed by atoms with Crippen molar-refractivity contribution in [2.75, 3.05) is 6.61 Å². The minimum atomic E-state index is -3.77. The Hall–Kier alpha value is -0.590. The van der Waals surface area contributed by atoms with Crippen LogP contribution in [-0.2, 0) is 10.0 Å². The molecule has 0 saturated heterocycles. The molecule has 6 heteroatoms. The summed E-state index contributed by atoms with van der Waals surface area (Å²) in [6.07, 6.45) is 3.48. The fraction of sp³-hybridized carbons (Fsp3) is 0.500. The van der Waals surface area contributed by atoms with Gasteiger partial charge in [-0.3, -0.25) is 0 Å². The van der Waals surface area contributed by atoms with Crippen molar-refractivity contribution in [1.29, 1.82) is 0 Å². The van der Waals surface area contributed by atoms with Crippen molar-refractivity contribution >= 4 is 26.0 Å². The molecule has 18 heavy (non-hydrogen) atoms. The van der Waals surface area contributed by atoms with E-state index >= 15 is 0 Å². The summed E-state index contributed by atoms with van der Waals surface area (Å²) in [5, 5.41) is 5.21. The van der Waals surface area contributed by atoms with Crippen LogP contribution in [0.15, 0.2) is 21.5 Å². The minimum absolute atomic E-state index is 0.0465. The lowest BCUT2D eigenvalue weighted by atomic mass is 10.2. The zero-order valence-electron chi connectivity index (χ0n) is 10.1. The summed E-state index contributed by atoms with van der Waals surface area (Å²) < 4.78 is 29.4. The Morgan fingerprint density at radius 2 is 2.11 bits per heavy atom. The molecule has 1 saturated carbocycles. The van der Waals surface area contributed by atoms with Gasteiger partial charge in [0.25, 0.3) is 0 Å². The van der Waals surface area contributed by atoms with E-state index in [4.69, 9.17) is 9.88 Å². The van der Waals surface area contributed by atoms with Gasteiger partial charge < -0.3 is 4.74 Å². The molecule has 1 fully saturated rings. The lowest BCUT2D eigenvalue weighted by Crippen LogP contribution is -2.15. The first-order chi connectivity index (χ1) is 8.38. The molecule has 1 aliphatic rings. The van der Waals surface area contributed by atoms with Crippen molar-refractivity contribution in [2.24, 2.45) is 11.1 Å². The molecule has 100 valence electrons. The van der Waals surface area contributed by atoms with Crippen molar-refractivity contribution in [1.82, 2.24) is 0 Å². The largest absolute Gasteiger partial charge is 0.492 e. The number of aryl methyl sites for hydroxylation is 1. The summed E-state index contributed by atoms with van der Waals surface area (Å²) in [7, 11) is -3.77. The van der Waals surface area contributed by atoms with Crippen LogP contribution in [-0.4, -0.2) is 15.0 Å². The number of sulfonamides is 1. The van der Waals surface area contributed by atoms with Crippen LogP contribution in [0, 0.1) is 12.8 Å². The van der Waals surface area contributed by atoms with Crippen LogP contribution in [0.5, 0.6) is 5.75 Å². The second-order valence-corrected chi connectivity index (χ2v) is 7.12. The topological polar surface area (TPSA) is 69.4 Å². The maximum atomic E-state index is 11.5. The number of hydrogen-bond donors (Lipinski definition) is 1. The molecule has 2 rings (SSSR count). The molecule has 0 amide bonds. The molecule has 0 atom stereocenters. The van der Waals surface area contributed by atoms with Crippen molar-refractivity contribution in [3.63, 3.8) is 0 Å². The zero-order chi connectivity index (χ0) is 13.3.